The van der Waals surface area contributed by atoms with E-state index in [9.17, 15) is 4.39 Å². The average molecular weight is 191 g/mol. The highest BCUT2D eigenvalue weighted by molar-refractivity contribution is 5.15. The van der Waals surface area contributed by atoms with Gasteiger partial charge in [-0.15, -0.1) is 12.3 Å². The molecule has 0 N–H and O–H groups in total. The molecule has 0 unspecified atom stereocenters. The fraction of sp³-hybridized carbons (Fsp3) is 0.333. The molecule has 0 spiro atoms. The number of nitrogens with zero attached hydrogens (tertiary/aromatic N) is 1. The van der Waals surface area contributed by atoms with Gasteiger partial charge in [0.2, 0.25) is 0 Å². The van der Waals surface area contributed by atoms with Gasteiger partial charge in [0.25, 0.3) is 0 Å². The molecule has 1 aromatic rings. The summed E-state index contributed by atoms with van der Waals surface area (Å²) in [6.45, 7) is 1.68. The second kappa shape index (κ2) is 5.41. The van der Waals surface area contributed by atoms with Crippen LogP contribution >= 0.6 is 0 Å². The van der Waals surface area contributed by atoms with E-state index in [4.69, 9.17) is 6.42 Å². The van der Waals surface area contributed by atoms with Crippen molar-refractivity contribution in [3.05, 3.63) is 35.6 Å². The Morgan fingerprint density at radius 3 is 2.57 bits per heavy atom. The number of rotatable bonds is 4. The molecule has 0 heterocycles. The zero-order valence-electron chi connectivity index (χ0n) is 8.33. The third-order valence-corrected chi connectivity index (χ3v) is 2.00. The molecule has 1 aromatic carbocycles. The molecule has 0 atom stereocenters. The van der Waals surface area contributed by atoms with E-state index in [0.29, 0.717) is 0 Å². The molecule has 0 saturated carbocycles. The summed E-state index contributed by atoms with van der Waals surface area (Å²) in [6, 6.07) is 6.54. The first-order valence-corrected chi connectivity index (χ1v) is 4.59. The zero-order chi connectivity index (χ0) is 10.4. The largest absolute Gasteiger partial charge is 0.301 e. The Bertz CT molecular complexity index is 310. The Labute approximate surface area is 84.5 Å². The highest BCUT2D eigenvalue weighted by Crippen LogP contribution is 2.05. The number of benzene rings is 1. The van der Waals surface area contributed by atoms with Gasteiger partial charge in [0.1, 0.15) is 5.82 Å². The summed E-state index contributed by atoms with van der Waals surface area (Å²) in [7, 11) is 2.00. The van der Waals surface area contributed by atoms with Crippen molar-refractivity contribution in [1.82, 2.24) is 4.90 Å². The number of hydrogen-bond acceptors (Lipinski definition) is 1. The lowest BCUT2D eigenvalue weighted by molar-refractivity contribution is 0.335. The summed E-state index contributed by atoms with van der Waals surface area (Å²) in [4.78, 5) is 2.12. The molecule has 0 fully saturated rings. The smallest absolute Gasteiger partial charge is 0.123 e. The molecule has 0 aliphatic carbocycles. The topological polar surface area (TPSA) is 3.24 Å². The van der Waals surface area contributed by atoms with Gasteiger partial charge < -0.3 is 4.90 Å². The molecule has 0 bridgehead atoms. The van der Waals surface area contributed by atoms with Gasteiger partial charge in [-0.05, 0) is 24.7 Å². The first-order chi connectivity index (χ1) is 6.72. The van der Waals surface area contributed by atoms with Gasteiger partial charge in [-0.3, -0.25) is 0 Å². The second-order valence-corrected chi connectivity index (χ2v) is 3.32. The van der Waals surface area contributed by atoms with Crippen LogP contribution in [0, 0.1) is 18.2 Å². The number of halogens is 1. The molecule has 14 heavy (non-hydrogen) atoms. The maximum absolute atomic E-state index is 12.6. The Morgan fingerprint density at radius 2 is 2.00 bits per heavy atom. The van der Waals surface area contributed by atoms with Crippen molar-refractivity contribution in [3.8, 4) is 12.3 Å². The van der Waals surface area contributed by atoms with Crippen LogP contribution in [0.2, 0.25) is 0 Å². The highest BCUT2D eigenvalue weighted by atomic mass is 19.1. The van der Waals surface area contributed by atoms with Gasteiger partial charge in [0.15, 0.2) is 0 Å². The molecule has 0 aliphatic rings. The van der Waals surface area contributed by atoms with Gasteiger partial charge in [-0.25, -0.2) is 4.39 Å². The van der Waals surface area contributed by atoms with Crippen molar-refractivity contribution in [2.45, 2.75) is 13.0 Å². The molecule has 0 aliphatic heterocycles. The SMILES string of the molecule is C#CCCN(C)Cc1ccc(F)cc1. The van der Waals surface area contributed by atoms with Crippen molar-refractivity contribution in [2.24, 2.45) is 0 Å². The van der Waals surface area contributed by atoms with E-state index in [-0.39, 0.29) is 5.82 Å². The minimum atomic E-state index is -0.194. The molecule has 0 aromatic heterocycles. The lowest BCUT2D eigenvalue weighted by Crippen LogP contribution is -2.18. The van der Waals surface area contributed by atoms with Crippen LogP contribution < -0.4 is 0 Å². The van der Waals surface area contributed by atoms with Gasteiger partial charge in [0.05, 0.1) is 0 Å². The summed E-state index contributed by atoms with van der Waals surface area (Å²) >= 11 is 0. The molecular weight excluding hydrogens is 177 g/mol. The van der Waals surface area contributed by atoms with E-state index in [0.717, 1.165) is 25.1 Å². The van der Waals surface area contributed by atoms with Crippen molar-refractivity contribution in [3.63, 3.8) is 0 Å². The Morgan fingerprint density at radius 1 is 1.36 bits per heavy atom. The van der Waals surface area contributed by atoms with Gasteiger partial charge >= 0.3 is 0 Å². The normalized spacial score (nSPS) is 10.1. The first-order valence-electron chi connectivity index (χ1n) is 4.59. The predicted octanol–water partition coefficient (Wildman–Crippen LogP) is 2.28. The lowest BCUT2D eigenvalue weighted by atomic mass is 10.2. The quantitative estimate of drug-likeness (QED) is 0.660. The van der Waals surface area contributed by atoms with E-state index in [1.165, 1.54) is 12.1 Å². The predicted molar refractivity (Wildman–Crippen MR) is 56.2 cm³/mol. The van der Waals surface area contributed by atoms with Crippen molar-refractivity contribution in [2.75, 3.05) is 13.6 Å². The molecule has 2 heteroatoms. The fourth-order valence-corrected chi connectivity index (χ4v) is 1.24. The number of hydrogen-bond donors (Lipinski definition) is 0. The maximum Gasteiger partial charge on any atom is 0.123 e. The minimum Gasteiger partial charge on any atom is -0.301 e. The Kier molecular flexibility index (Phi) is 4.15. The maximum atomic E-state index is 12.6. The highest BCUT2D eigenvalue weighted by Gasteiger charge is 1.99. The first kappa shape index (κ1) is 10.7. The van der Waals surface area contributed by atoms with Crippen LogP contribution in [0.25, 0.3) is 0 Å². The third-order valence-electron chi connectivity index (χ3n) is 2.00. The molecule has 74 valence electrons. The molecule has 1 rings (SSSR count). The number of terminal acetylenes is 1. The second-order valence-electron chi connectivity index (χ2n) is 3.32. The molecular formula is C12H14FN. The van der Waals surface area contributed by atoms with Crippen molar-refractivity contribution in [1.29, 1.82) is 0 Å². The average Bonchev–Trinajstić information content (AvgIpc) is 2.18. The van der Waals surface area contributed by atoms with Gasteiger partial charge in [-0.2, -0.15) is 0 Å². The van der Waals surface area contributed by atoms with Crippen molar-refractivity contribution < 1.29 is 4.39 Å². The standard InChI is InChI=1S/C12H14FN/c1-3-4-9-14(2)10-11-5-7-12(13)8-6-11/h1,5-8H,4,9-10H2,2H3. The lowest BCUT2D eigenvalue weighted by Gasteiger charge is -2.14. The van der Waals surface area contributed by atoms with Crippen LogP contribution in [0.15, 0.2) is 24.3 Å². The van der Waals surface area contributed by atoms with E-state index in [2.05, 4.69) is 10.8 Å². The van der Waals surface area contributed by atoms with E-state index in [1.807, 2.05) is 7.05 Å². The summed E-state index contributed by atoms with van der Waals surface area (Å²) in [5.74, 6) is 2.40. The third kappa shape index (κ3) is 3.59. The van der Waals surface area contributed by atoms with Gasteiger partial charge in [0, 0.05) is 19.5 Å². The summed E-state index contributed by atoms with van der Waals surface area (Å²) in [5, 5.41) is 0. The van der Waals surface area contributed by atoms with Crippen LogP contribution in [0.4, 0.5) is 4.39 Å². The van der Waals surface area contributed by atoms with E-state index >= 15 is 0 Å². The zero-order valence-corrected chi connectivity index (χ0v) is 8.33. The fourth-order valence-electron chi connectivity index (χ4n) is 1.24. The molecule has 0 amide bonds. The summed E-state index contributed by atoms with van der Waals surface area (Å²) in [5.41, 5.74) is 1.10. The molecule has 1 nitrogen and oxygen atoms in total. The summed E-state index contributed by atoms with van der Waals surface area (Å²) < 4.78 is 12.6. The Hall–Kier alpha value is -1.33. The summed E-state index contributed by atoms with van der Waals surface area (Å²) in [6.07, 6.45) is 5.91. The van der Waals surface area contributed by atoms with Crippen LogP contribution in [0.1, 0.15) is 12.0 Å². The van der Waals surface area contributed by atoms with E-state index in [1.54, 1.807) is 12.1 Å². The van der Waals surface area contributed by atoms with Crippen LogP contribution in [0.5, 0.6) is 0 Å². The van der Waals surface area contributed by atoms with E-state index < -0.39 is 0 Å². The Balaban J connectivity index is 2.44. The monoisotopic (exact) mass is 191 g/mol. The minimum absolute atomic E-state index is 0.194. The van der Waals surface area contributed by atoms with Crippen LogP contribution in [-0.4, -0.2) is 18.5 Å². The van der Waals surface area contributed by atoms with Crippen molar-refractivity contribution >= 4 is 0 Å². The molecule has 0 saturated heterocycles. The van der Waals surface area contributed by atoms with Crippen LogP contribution in [-0.2, 0) is 6.54 Å². The van der Waals surface area contributed by atoms with Gasteiger partial charge in [-0.1, -0.05) is 12.1 Å². The van der Waals surface area contributed by atoms with Crippen LogP contribution in [0.3, 0.4) is 0 Å². The molecule has 0 radical (unpaired) electrons.